The second kappa shape index (κ2) is 9.12. The van der Waals surface area contributed by atoms with Crippen molar-refractivity contribution in [3.8, 4) is 28.5 Å². The number of nitrogens with zero attached hydrogens (tertiary/aromatic N) is 9. The zero-order valence-electron chi connectivity index (χ0n) is 20.5. The van der Waals surface area contributed by atoms with Gasteiger partial charge in [-0.3, -0.25) is 4.79 Å². The molecule has 38 heavy (non-hydrogen) atoms. The number of carbonyl (C=O) groups is 1. The average molecular weight is 511 g/mol. The number of aryl methyl sites for hydroxylation is 1. The van der Waals surface area contributed by atoms with Gasteiger partial charge in [0.25, 0.3) is 5.91 Å². The summed E-state index contributed by atoms with van der Waals surface area (Å²) >= 11 is 0. The summed E-state index contributed by atoms with van der Waals surface area (Å²) in [5.74, 6) is 1.35. The lowest BCUT2D eigenvalue weighted by Gasteiger charge is -2.16. The highest BCUT2D eigenvalue weighted by molar-refractivity contribution is 5.87. The summed E-state index contributed by atoms with van der Waals surface area (Å²) in [6, 6.07) is 12.3. The third kappa shape index (κ3) is 4.14. The summed E-state index contributed by atoms with van der Waals surface area (Å²) < 4.78 is 7.04. The Morgan fingerprint density at radius 2 is 1.84 bits per heavy atom. The van der Waals surface area contributed by atoms with Crippen LogP contribution in [0.2, 0.25) is 0 Å². The van der Waals surface area contributed by atoms with Gasteiger partial charge in [0.05, 0.1) is 29.0 Å². The van der Waals surface area contributed by atoms with Crippen LogP contribution in [0, 0.1) is 6.92 Å². The van der Waals surface area contributed by atoms with Crippen LogP contribution in [0.4, 0.5) is 11.8 Å². The summed E-state index contributed by atoms with van der Waals surface area (Å²) in [6.45, 7) is 2.30. The molecule has 1 amide bonds. The Balaban J connectivity index is 1.22. The highest BCUT2D eigenvalue weighted by Gasteiger charge is 2.48. The highest BCUT2D eigenvalue weighted by Crippen LogP contribution is 2.34. The molecule has 2 N–H and O–H groups in total. The number of hydrogen-bond acceptors (Lipinski definition) is 11. The van der Waals surface area contributed by atoms with Crippen molar-refractivity contribution in [2.45, 2.75) is 18.9 Å². The number of anilines is 2. The molecule has 0 spiro atoms. The standard InChI is InChI=1S/C25H22N10O3/c1-15-28-14-29-35(15)16-6-7-22(27-13-16)32-24-26-10-8-19(31-24)17-4-3-5-18(30-17)20-12-21(38-33-20)25(37)9-11-34(2)23(25)36/h3-8,10,12-14,37H,9,11H2,1-2H3,(H,26,27,31,32). The normalized spacial score (nSPS) is 17.2. The minimum Gasteiger partial charge on any atom is -0.373 e. The van der Waals surface area contributed by atoms with Crippen LogP contribution in [0.15, 0.2) is 65.7 Å². The number of likely N-dealkylation sites (tertiary alicyclic amines) is 1. The van der Waals surface area contributed by atoms with E-state index in [1.807, 2.05) is 25.1 Å². The Bertz CT molecular complexity index is 1630. The smallest absolute Gasteiger partial charge is 0.262 e. The maximum Gasteiger partial charge on any atom is 0.262 e. The number of carbonyl (C=O) groups excluding carboxylic acids is 1. The Labute approximate surface area is 216 Å². The Kier molecular flexibility index (Phi) is 5.61. The molecule has 1 saturated heterocycles. The molecule has 0 saturated carbocycles. The van der Waals surface area contributed by atoms with Crippen LogP contribution in [0.25, 0.3) is 28.5 Å². The maximum atomic E-state index is 12.4. The molecule has 1 aliphatic heterocycles. The molecule has 1 fully saturated rings. The lowest BCUT2D eigenvalue weighted by Crippen LogP contribution is -2.35. The fourth-order valence-corrected chi connectivity index (χ4v) is 4.21. The van der Waals surface area contributed by atoms with Gasteiger partial charge in [0.2, 0.25) is 11.5 Å². The van der Waals surface area contributed by atoms with Crippen molar-refractivity contribution in [3.63, 3.8) is 0 Å². The molecule has 0 aromatic carbocycles. The first-order valence-corrected chi connectivity index (χ1v) is 11.8. The molecular weight excluding hydrogens is 488 g/mol. The first kappa shape index (κ1) is 23.4. The largest absolute Gasteiger partial charge is 0.373 e. The minimum absolute atomic E-state index is 0.0973. The zero-order valence-corrected chi connectivity index (χ0v) is 20.5. The molecule has 5 aromatic heterocycles. The van der Waals surface area contributed by atoms with E-state index < -0.39 is 11.5 Å². The Hall–Kier alpha value is -5.04. The quantitative estimate of drug-likeness (QED) is 0.345. The van der Waals surface area contributed by atoms with Gasteiger partial charge in [-0.15, -0.1) is 0 Å². The number of amides is 1. The molecule has 0 bridgehead atoms. The van der Waals surface area contributed by atoms with Gasteiger partial charge in [-0.25, -0.2) is 29.6 Å². The van der Waals surface area contributed by atoms with Crippen molar-refractivity contribution in [2.75, 3.05) is 18.9 Å². The number of likely N-dealkylation sites (N-methyl/N-ethyl adjacent to an activating group) is 1. The highest BCUT2D eigenvalue weighted by atomic mass is 16.5. The summed E-state index contributed by atoms with van der Waals surface area (Å²) in [5.41, 5.74) is 1.14. The van der Waals surface area contributed by atoms with E-state index in [4.69, 9.17) is 4.52 Å². The molecule has 1 unspecified atom stereocenters. The number of hydrogen-bond donors (Lipinski definition) is 2. The SMILES string of the molecule is Cc1ncnn1-c1ccc(Nc2nccc(-c3cccc(-c4cc(C5(O)CCN(C)C5=O)on4)n3)n2)nc1. The number of rotatable bonds is 6. The minimum atomic E-state index is -1.72. The lowest BCUT2D eigenvalue weighted by atomic mass is 9.98. The first-order chi connectivity index (χ1) is 18.4. The molecule has 190 valence electrons. The second-order valence-corrected chi connectivity index (χ2v) is 8.83. The third-order valence-electron chi connectivity index (χ3n) is 6.31. The van der Waals surface area contributed by atoms with Gasteiger partial charge >= 0.3 is 0 Å². The van der Waals surface area contributed by atoms with E-state index in [0.29, 0.717) is 41.1 Å². The molecule has 1 atom stereocenters. The van der Waals surface area contributed by atoms with Crippen molar-refractivity contribution in [1.82, 2.24) is 44.8 Å². The molecule has 13 nitrogen and oxygen atoms in total. The van der Waals surface area contributed by atoms with Gasteiger partial charge < -0.3 is 19.8 Å². The van der Waals surface area contributed by atoms with E-state index in [0.717, 1.165) is 11.5 Å². The van der Waals surface area contributed by atoms with E-state index in [1.165, 1.54) is 11.2 Å². The van der Waals surface area contributed by atoms with Crippen LogP contribution >= 0.6 is 0 Å². The number of aliphatic hydroxyl groups is 1. The molecule has 0 aliphatic carbocycles. The van der Waals surface area contributed by atoms with Crippen molar-refractivity contribution in [3.05, 3.63) is 72.8 Å². The van der Waals surface area contributed by atoms with Crippen LogP contribution in [0.3, 0.4) is 0 Å². The van der Waals surface area contributed by atoms with Crippen molar-refractivity contribution < 1.29 is 14.4 Å². The zero-order chi connectivity index (χ0) is 26.3. The van der Waals surface area contributed by atoms with Gasteiger partial charge in [0.1, 0.15) is 23.7 Å². The van der Waals surface area contributed by atoms with E-state index in [-0.39, 0.29) is 12.2 Å². The molecule has 6 rings (SSSR count). The molecule has 0 radical (unpaired) electrons. The van der Waals surface area contributed by atoms with E-state index in [1.54, 1.807) is 48.4 Å². The third-order valence-corrected chi connectivity index (χ3v) is 6.31. The number of aromatic nitrogens is 8. The second-order valence-electron chi connectivity index (χ2n) is 8.83. The number of pyridine rings is 2. The van der Waals surface area contributed by atoms with E-state index >= 15 is 0 Å². The molecule has 6 heterocycles. The van der Waals surface area contributed by atoms with Gasteiger partial charge in [-0.1, -0.05) is 11.2 Å². The Morgan fingerprint density at radius 1 is 1.03 bits per heavy atom. The summed E-state index contributed by atoms with van der Waals surface area (Å²) in [7, 11) is 1.64. The fourth-order valence-electron chi connectivity index (χ4n) is 4.21. The van der Waals surface area contributed by atoms with Crippen LogP contribution in [0.5, 0.6) is 0 Å². The molecule has 5 aromatic rings. The maximum absolute atomic E-state index is 12.4. The van der Waals surface area contributed by atoms with Crippen LogP contribution in [-0.4, -0.2) is 69.4 Å². The number of nitrogens with one attached hydrogen (secondary N) is 1. The van der Waals surface area contributed by atoms with Gasteiger partial charge in [0.15, 0.2) is 5.76 Å². The fraction of sp³-hybridized carbons (Fsp3) is 0.200. The lowest BCUT2D eigenvalue weighted by molar-refractivity contribution is -0.144. The Morgan fingerprint density at radius 3 is 2.55 bits per heavy atom. The van der Waals surface area contributed by atoms with Crippen molar-refractivity contribution >= 4 is 17.7 Å². The topological polar surface area (TPSA) is 161 Å². The van der Waals surface area contributed by atoms with Crippen molar-refractivity contribution in [2.24, 2.45) is 0 Å². The predicted molar refractivity (Wildman–Crippen MR) is 134 cm³/mol. The van der Waals surface area contributed by atoms with Crippen molar-refractivity contribution in [1.29, 1.82) is 0 Å². The van der Waals surface area contributed by atoms with E-state index in [2.05, 4.69) is 40.5 Å². The average Bonchev–Trinajstić information content (AvgIpc) is 3.67. The van der Waals surface area contributed by atoms with Gasteiger partial charge in [-0.2, -0.15) is 5.10 Å². The summed E-state index contributed by atoms with van der Waals surface area (Å²) in [5, 5.41) is 22.2. The predicted octanol–water partition coefficient (Wildman–Crippen LogP) is 2.27. The monoisotopic (exact) mass is 510 g/mol. The van der Waals surface area contributed by atoms with Crippen LogP contribution in [0.1, 0.15) is 18.0 Å². The van der Waals surface area contributed by atoms with Crippen LogP contribution in [-0.2, 0) is 10.4 Å². The molecule has 1 aliphatic rings. The summed E-state index contributed by atoms with van der Waals surface area (Å²) in [6.07, 6.45) is 5.03. The molecular formula is C25H22N10O3. The first-order valence-electron chi connectivity index (χ1n) is 11.8. The summed E-state index contributed by atoms with van der Waals surface area (Å²) in [4.78, 5) is 35.9. The van der Waals surface area contributed by atoms with Crippen LogP contribution < -0.4 is 5.32 Å². The van der Waals surface area contributed by atoms with E-state index in [9.17, 15) is 9.90 Å². The van der Waals surface area contributed by atoms with Gasteiger partial charge in [-0.05, 0) is 37.3 Å². The van der Waals surface area contributed by atoms with Gasteiger partial charge in [0, 0.05) is 32.3 Å². The molecule has 13 heteroatoms.